The number of carbonyl (C=O) groups excluding carboxylic acids is 1. The Balaban J connectivity index is 1.05. The van der Waals surface area contributed by atoms with E-state index in [2.05, 4.69) is 34.1 Å². The average molecular weight is 494 g/mol. The molecule has 0 spiro atoms. The molecule has 8 heteroatoms. The van der Waals surface area contributed by atoms with E-state index >= 15 is 0 Å². The van der Waals surface area contributed by atoms with Crippen LogP contribution in [-0.4, -0.2) is 103 Å². The van der Waals surface area contributed by atoms with Gasteiger partial charge in [-0.2, -0.15) is 0 Å². The Morgan fingerprint density at radius 2 is 1.92 bits per heavy atom. The van der Waals surface area contributed by atoms with Gasteiger partial charge in [0.25, 0.3) is 5.91 Å². The molecule has 192 valence electrons. The number of rotatable bonds is 7. The van der Waals surface area contributed by atoms with E-state index in [0.717, 1.165) is 58.0 Å². The average Bonchev–Trinajstić information content (AvgIpc) is 3.23. The first-order chi connectivity index (χ1) is 17.6. The fraction of sp³-hybridized carbons (Fsp3) is 0.536. The predicted octanol–water partition coefficient (Wildman–Crippen LogP) is 1.79. The third-order valence-electron chi connectivity index (χ3n) is 7.82. The lowest BCUT2D eigenvalue weighted by atomic mass is 10.00. The third kappa shape index (κ3) is 5.09. The largest absolute Gasteiger partial charge is 0.491 e. The number of β-amino-alcohol motifs (C(OH)–C–C–N with tert-alkyl or cyclic N) is 1. The first-order valence-corrected chi connectivity index (χ1v) is 13.1. The number of hydrogen-bond acceptors (Lipinski definition) is 7. The standard InChI is InChI=1S/C28H35N3O5/c32-23(15-29-9-7-20-3-1-2-4-21(20)14-29)16-31-11-12-35-27-13-24(5-6-26(27)28(31)33)36-25-8-10-30(17-25)22-18-34-19-22/h1-6,13,22-23,25,32H,7-12,14-19H2/t23-,25-/m1/s1. The molecule has 1 amide bonds. The lowest BCUT2D eigenvalue weighted by molar-refractivity contribution is -0.0592. The fourth-order valence-corrected chi connectivity index (χ4v) is 5.71. The quantitative estimate of drug-likeness (QED) is 0.631. The number of ether oxygens (including phenoxy) is 3. The van der Waals surface area contributed by atoms with E-state index in [0.29, 0.717) is 43.6 Å². The maximum absolute atomic E-state index is 13.3. The highest BCUT2D eigenvalue weighted by atomic mass is 16.5. The summed E-state index contributed by atoms with van der Waals surface area (Å²) in [5, 5.41) is 10.8. The molecule has 2 saturated heterocycles. The van der Waals surface area contributed by atoms with E-state index in [9.17, 15) is 9.90 Å². The van der Waals surface area contributed by atoms with Gasteiger partial charge in [-0.05, 0) is 36.1 Å². The molecular weight excluding hydrogens is 458 g/mol. The first kappa shape index (κ1) is 23.7. The van der Waals surface area contributed by atoms with E-state index in [1.165, 1.54) is 11.1 Å². The van der Waals surface area contributed by atoms with Crippen molar-refractivity contribution < 1.29 is 24.1 Å². The number of aliphatic hydroxyl groups is 1. The molecule has 6 rings (SSSR count). The monoisotopic (exact) mass is 493 g/mol. The highest BCUT2D eigenvalue weighted by molar-refractivity contribution is 5.97. The van der Waals surface area contributed by atoms with Gasteiger partial charge in [0.2, 0.25) is 0 Å². The maximum atomic E-state index is 13.3. The van der Waals surface area contributed by atoms with Crippen molar-refractivity contribution in [3.63, 3.8) is 0 Å². The minimum atomic E-state index is -0.616. The zero-order valence-electron chi connectivity index (χ0n) is 20.7. The number of likely N-dealkylation sites (tertiary alicyclic amines) is 1. The summed E-state index contributed by atoms with van der Waals surface area (Å²) >= 11 is 0. The van der Waals surface area contributed by atoms with Crippen LogP contribution in [0, 0.1) is 0 Å². The number of carbonyl (C=O) groups is 1. The number of benzene rings is 2. The van der Waals surface area contributed by atoms with Crippen molar-refractivity contribution in [3.8, 4) is 11.5 Å². The van der Waals surface area contributed by atoms with Gasteiger partial charge < -0.3 is 24.2 Å². The first-order valence-electron chi connectivity index (χ1n) is 13.1. The van der Waals surface area contributed by atoms with Gasteiger partial charge in [0, 0.05) is 45.3 Å². The van der Waals surface area contributed by atoms with Crippen LogP contribution >= 0.6 is 0 Å². The molecule has 0 aliphatic carbocycles. The summed E-state index contributed by atoms with van der Waals surface area (Å²) < 4.78 is 17.5. The summed E-state index contributed by atoms with van der Waals surface area (Å²) in [4.78, 5) is 19.7. The van der Waals surface area contributed by atoms with Crippen molar-refractivity contribution in [2.24, 2.45) is 0 Å². The Bertz CT molecular complexity index is 1090. The third-order valence-corrected chi connectivity index (χ3v) is 7.82. The molecule has 4 heterocycles. The second kappa shape index (κ2) is 10.4. The van der Waals surface area contributed by atoms with Crippen LogP contribution in [0.2, 0.25) is 0 Å². The van der Waals surface area contributed by atoms with E-state index in [1.54, 1.807) is 11.0 Å². The highest BCUT2D eigenvalue weighted by Gasteiger charge is 2.33. The molecule has 36 heavy (non-hydrogen) atoms. The van der Waals surface area contributed by atoms with Crippen LogP contribution in [0.1, 0.15) is 27.9 Å². The van der Waals surface area contributed by atoms with Gasteiger partial charge in [-0.3, -0.25) is 14.6 Å². The van der Waals surface area contributed by atoms with Crippen LogP contribution < -0.4 is 9.47 Å². The van der Waals surface area contributed by atoms with Crippen LogP contribution in [0.4, 0.5) is 0 Å². The zero-order chi connectivity index (χ0) is 24.5. The number of nitrogens with zero attached hydrogens (tertiary/aromatic N) is 3. The molecule has 0 unspecified atom stereocenters. The SMILES string of the molecule is O=C1c2ccc(O[C@@H]3CCN(C4COC4)C3)cc2OCCN1C[C@H](O)CN1CCc2ccccc2C1. The van der Waals surface area contributed by atoms with Gasteiger partial charge in [0.1, 0.15) is 24.2 Å². The fourth-order valence-electron chi connectivity index (χ4n) is 5.71. The summed E-state index contributed by atoms with van der Waals surface area (Å²) in [6.45, 7) is 7.00. The van der Waals surface area contributed by atoms with Crippen molar-refractivity contribution in [2.45, 2.75) is 37.6 Å². The van der Waals surface area contributed by atoms with E-state index in [-0.39, 0.29) is 12.0 Å². The molecule has 0 radical (unpaired) electrons. The van der Waals surface area contributed by atoms with Gasteiger partial charge in [0.15, 0.2) is 0 Å². The van der Waals surface area contributed by atoms with Crippen molar-refractivity contribution >= 4 is 5.91 Å². The molecule has 4 aliphatic rings. The highest BCUT2D eigenvalue weighted by Crippen LogP contribution is 2.30. The van der Waals surface area contributed by atoms with Crippen LogP contribution in [0.5, 0.6) is 11.5 Å². The summed E-state index contributed by atoms with van der Waals surface area (Å²) in [5.41, 5.74) is 3.24. The van der Waals surface area contributed by atoms with Crippen LogP contribution in [0.25, 0.3) is 0 Å². The Kier molecular flexibility index (Phi) is 6.84. The van der Waals surface area contributed by atoms with Crippen LogP contribution in [0.15, 0.2) is 42.5 Å². The van der Waals surface area contributed by atoms with Gasteiger partial charge >= 0.3 is 0 Å². The van der Waals surface area contributed by atoms with Crippen LogP contribution in [0.3, 0.4) is 0 Å². The maximum Gasteiger partial charge on any atom is 0.257 e. The van der Waals surface area contributed by atoms with Crippen molar-refractivity contribution in [1.82, 2.24) is 14.7 Å². The summed E-state index contributed by atoms with van der Waals surface area (Å²) in [6.07, 6.45) is 1.50. The normalized spacial score (nSPS) is 23.9. The van der Waals surface area contributed by atoms with Gasteiger partial charge in [0.05, 0.1) is 37.5 Å². The molecular formula is C28H35N3O5. The minimum absolute atomic E-state index is 0.103. The van der Waals surface area contributed by atoms with Crippen molar-refractivity contribution in [1.29, 1.82) is 0 Å². The molecule has 2 aromatic carbocycles. The van der Waals surface area contributed by atoms with Crippen LogP contribution in [-0.2, 0) is 17.7 Å². The second-order valence-corrected chi connectivity index (χ2v) is 10.4. The molecule has 2 fully saturated rings. The predicted molar refractivity (Wildman–Crippen MR) is 134 cm³/mol. The Hall–Kier alpha value is -2.65. The molecule has 4 aliphatic heterocycles. The smallest absolute Gasteiger partial charge is 0.257 e. The molecule has 2 aromatic rings. The summed E-state index contributed by atoms with van der Waals surface area (Å²) in [7, 11) is 0. The molecule has 0 saturated carbocycles. The van der Waals surface area contributed by atoms with E-state index in [4.69, 9.17) is 14.2 Å². The van der Waals surface area contributed by atoms with Gasteiger partial charge in [-0.15, -0.1) is 0 Å². The molecule has 0 bridgehead atoms. The van der Waals surface area contributed by atoms with Gasteiger partial charge in [-0.1, -0.05) is 24.3 Å². The second-order valence-electron chi connectivity index (χ2n) is 10.4. The number of fused-ring (bicyclic) bond motifs is 2. The van der Waals surface area contributed by atoms with E-state index in [1.807, 2.05) is 12.1 Å². The Morgan fingerprint density at radius 3 is 2.75 bits per heavy atom. The summed E-state index contributed by atoms with van der Waals surface area (Å²) in [6, 6.07) is 14.5. The molecule has 1 N–H and O–H groups in total. The Labute approximate surface area is 212 Å². The lowest BCUT2D eigenvalue weighted by Crippen LogP contribution is -2.48. The van der Waals surface area contributed by atoms with Crippen molar-refractivity contribution in [3.05, 3.63) is 59.2 Å². The minimum Gasteiger partial charge on any atom is -0.491 e. The number of aliphatic hydroxyl groups excluding tert-OH is 1. The van der Waals surface area contributed by atoms with Gasteiger partial charge in [-0.25, -0.2) is 0 Å². The summed E-state index contributed by atoms with van der Waals surface area (Å²) in [5.74, 6) is 1.19. The number of amides is 1. The zero-order valence-corrected chi connectivity index (χ0v) is 20.7. The molecule has 2 atom stereocenters. The topological polar surface area (TPSA) is 74.7 Å². The lowest BCUT2D eigenvalue weighted by Gasteiger charge is -2.34. The van der Waals surface area contributed by atoms with E-state index < -0.39 is 6.10 Å². The molecule has 8 nitrogen and oxygen atoms in total. The number of hydrogen-bond donors (Lipinski definition) is 1. The Morgan fingerprint density at radius 1 is 1.06 bits per heavy atom. The molecule has 0 aromatic heterocycles. The van der Waals surface area contributed by atoms with Crippen molar-refractivity contribution in [2.75, 3.05) is 59.1 Å².